The zero-order valence-corrected chi connectivity index (χ0v) is 15.9. The topological polar surface area (TPSA) is 67.8 Å². The van der Waals surface area contributed by atoms with Crippen LogP contribution < -0.4 is 15.4 Å². The number of hydrogen-bond acceptors (Lipinski definition) is 4. The Hall–Kier alpha value is -1.30. The standard InChI is InChI=1S/C14H21F3N4O2.HI/c1-3-18-13(20-6-7-22-2)21-9-11-4-5-19-12(8-11)23-10-14(15,16)17;/h4-5,8H,3,6-7,9-10H2,1-2H3,(H2,18,20,21);1H. The van der Waals surface area contributed by atoms with Gasteiger partial charge in [0.25, 0.3) is 0 Å². The van der Waals surface area contributed by atoms with Gasteiger partial charge in [-0.3, -0.25) is 0 Å². The Morgan fingerprint density at radius 3 is 2.71 bits per heavy atom. The number of nitrogens with zero attached hydrogens (tertiary/aromatic N) is 2. The summed E-state index contributed by atoms with van der Waals surface area (Å²) in [6, 6.07) is 3.11. The van der Waals surface area contributed by atoms with Crippen LogP contribution in [0.3, 0.4) is 0 Å². The molecule has 0 aliphatic rings. The van der Waals surface area contributed by atoms with Crippen molar-refractivity contribution in [3.05, 3.63) is 23.9 Å². The van der Waals surface area contributed by atoms with Crippen LogP contribution in [-0.2, 0) is 11.3 Å². The normalized spacial score (nSPS) is 11.6. The van der Waals surface area contributed by atoms with Crippen LogP contribution >= 0.6 is 24.0 Å². The second kappa shape index (κ2) is 12.1. The van der Waals surface area contributed by atoms with E-state index < -0.39 is 12.8 Å². The number of ether oxygens (including phenoxy) is 2. The van der Waals surface area contributed by atoms with E-state index in [-0.39, 0.29) is 36.4 Å². The van der Waals surface area contributed by atoms with E-state index in [1.54, 1.807) is 13.2 Å². The molecule has 1 heterocycles. The van der Waals surface area contributed by atoms with Crippen LogP contribution in [-0.4, -0.2) is 50.5 Å². The summed E-state index contributed by atoms with van der Waals surface area (Å²) in [6.45, 7) is 2.67. The Balaban J connectivity index is 0.00000529. The van der Waals surface area contributed by atoms with Gasteiger partial charge in [0.2, 0.25) is 5.88 Å². The highest BCUT2D eigenvalue weighted by Crippen LogP contribution is 2.17. The molecule has 0 fully saturated rings. The molecule has 1 aromatic heterocycles. The summed E-state index contributed by atoms with van der Waals surface area (Å²) in [6.07, 6.45) is -3.00. The second-order valence-corrected chi connectivity index (χ2v) is 4.52. The lowest BCUT2D eigenvalue weighted by Crippen LogP contribution is -2.38. The van der Waals surface area contributed by atoms with Crippen LogP contribution in [0.25, 0.3) is 0 Å². The van der Waals surface area contributed by atoms with E-state index in [1.165, 1.54) is 12.3 Å². The summed E-state index contributed by atoms with van der Waals surface area (Å²) in [5, 5.41) is 6.13. The van der Waals surface area contributed by atoms with Crippen LogP contribution in [0.2, 0.25) is 0 Å². The smallest absolute Gasteiger partial charge is 0.422 e. The summed E-state index contributed by atoms with van der Waals surface area (Å²) in [7, 11) is 1.60. The van der Waals surface area contributed by atoms with Crippen LogP contribution in [0.1, 0.15) is 12.5 Å². The number of aliphatic imine (C=N–C) groups is 1. The molecule has 1 aromatic rings. The molecule has 1 rings (SSSR count). The lowest BCUT2D eigenvalue weighted by Gasteiger charge is -2.11. The van der Waals surface area contributed by atoms with E-state index in [2.05, 4.69) is 25.3 Å². The Bertz CT molecular complexity index is 501. The molecular weight excluding hydrogens is 440 g/mol. The molecule has 0 aliphatic carbocycles. The van der Waals surface area contributed by atoms with Crippen molar-refractivity contribution in [2.24, 2.45) is 4.99 Å². The van der Waals surface area contributed by atoms with Crippen LogP contribution in [0, 0.1) is 0 Å². The average molecular weight is 462 g/mol. The van der Waals surface area contributed by atoms with Gasteiger partial charge in [-0.15, -0.1) is 24.0 Å². The third kappa shape index (κ3) is 10.5. The maximum Gasteiger partial charge on any atom is 0.422 e. The van der Waals surface area contributed by atoms with E-state index in [0.29, 0.717) is 31.2 Å². The molecule has 2 N–H and O–H groups in total. The van der Waals surface area contributed by atoms with Crippen molar-refractivity contribution in [2.75, 3.05) is 33.4 Å². The van der Waals surface area contributed by atoms with Gasteiger partial charge in [0.1, 0.15) is 0 Å². The fraction of sp³-hybridized carbons (Fsp3) is 0.571. The fourth-order valence-corrected chi connectivity index (χ4v) is 1.57. The highest BCUT2D eigenvalue weighted by molar-refractivity contribution is 14.0. The average Bonchev–Trinajstić information content (AvgIpc) is 2.50. The molecule has 6 nitrogen and oxygen atoms in total. The summed E-state index contributed by atoms with van der Waals surface area (Å²) in [4.78, 5) is 8.09. The fourth-order valence-electron chi connectivity index (χ4n) is 1.57. The van der Waals surface area contributed by atoms with Crippen molar-refractivity contribution >= 4 is 29.9 Å². The minimum Gasteiger partial charge on any atom is -0.468 e. The monoisotopic (exact) mass is 462 g/mol. The third-order valence-electron chi connectivity index (χ3n) is 2.55. The summed E-state index contributed by atoms with van der Waals surface area (Å²) >= 11 is 0. The van der Waals surface area contributed by atoms with Crippen LogP contribution in [0.4, 0.5) is 13.2 Å². The predicted octanol–water partition coefficient (Wildman–Crippen LogP) is 2.34. The number of halogens is 4. The number of alkyl halides is 3. The molecule has 138 valence electrons. The quantitative estimate of drug-likeness (QED) is 0.269. The van der Waals surface area contributed by atoms with Gasteiger partial charge >= 0.3 is 6.18 Å². The minimum atomic E-state index is -4.39. The van der Waals surface area contributed by atoms with Crippen molar-refractivity contribution in [3.63, 3.8) is 0 Å². The first-order valence-corrected chi connectivity index (χ1v) is 7.10. The van der Waals surface area contributed by atoms with E-state index in [1.807, 2.05) is 6.92 Å². The molecule has 0 bridgehead atoms. The van der Waals surface area contributed by atoms with Crippen molar-refractivity contribution in [2.45, 2.75) is 19.6 Å². The highest BCUT2D eigenvalue weighted by Gasteiger charge is 2.28. The van der Waals surface area contributed by atoms with Gasteiger partial charge in [-0.25, -0.2) is 9.98 Å². The first kappa shape index (κ1) is 22.7. The van der Waals surface area contributed by atoms with Gasteiger partial charge in [0.15, 0.2) is 12.6 Å². The molecule has 0 radical (unpaired) electrons. The summed E-state index contributed by atoms with van der Waals surface area (Å²) < 4.78 is 45.9. The maximum atomic E-state index is 12.1. The molecule has 0 amide bonds. The number of hydrogen-bond donors (Lipinski definition) is 2. The van der Waals surface area contributed by atoms with Gasteiger partial charge < -0.3 is 20.1 Å². The molecule has 10 heteroatoms. The predicted molar refractivity (Wildman–Crippen MR) is 95.9 cm³/mol. The SMILES string of the molecule is CCNC(=NCc1ccnc(OCC(F)(F)F)c1)NCCOC.I. The first-order valence-electron chi connectivity index (χ1n) is 7.10. The molecule has 0 atom stereocenters. The molecule has 0 aliphatic heterocycles. The number of aromatic nitrogens is 1. The molecule has 0 saturated heterocycles. The lowest BCUT2D eigenvalue weighted by atomic mass is 10.3. The minimum absolute atomic E-state index is 0. The van der Waals surface area contributed by atoms with Gasteiger partial charge in [0.05, 0.1) is 13.2 Å². The second-order valence-electron chi connectivity index (χ2n) is 4.52. The molecule has 0 saturated carbocycles. The number of methoxy groups -OCH3 is 1. The molecular formula is C14H22F3IN4O2. The van der Waals surface area contributed by atoms with E-state index in [0.717, 1.165) is 0 Å². The van der Waals surface area contributed by atoms with Gasteiger partial charge in [-0.1, -0.05) is 0 Å². The number of pyridine rings is 1. The Morgan fingerprint density at radius 1 is 1.33 bits per heavy atom. The largest absolute Gasteiger partial charge is 0.468 e. The zero-order valence-electron chi connectivity index (χ0n) is 13.5. The van der Waals surface area contributed by atoms with Gasteiger partial charge in [-0.05, 0) is 18.6 Å². The van der Waals surface area contributed by atoms with Crippen LogP contribution in [0.5, 0.6) is 5.88 Å². The van der Waals surface area contributed by atoms with E-state index in [9.17, 15) is 13.2 Å². The lowest BCUT2D eigenvalue weighted by molar-refractivity contribution is -0.154. The molecule has 24 heavy (non-hydrogen) atoms. The number of guanidine groups is 1. The summed E-state index contributed by atoms with van der Waals surface area (Å²) in [5.74, 6) is 0.520. The van der Waals surface area contributed by atoms with E-state index >= 15 is 0 Å². The van der Waals surface area contributed by atoms with Gasteiger partial charge in [-0.2, -0.15) is 13.2 Å². The maximum absolute atomic E-state index is 12.1. The van der Waals surface area contributed by atoms with Crippen molar-refractivity contribution < 1.29 is 22.6 Å². The Morgan fingerprint density at radius 2 is 2.08 bits per heavy atom. The van der Waals surface area contributed by atoms with Gasteiger partial charge in [0, 0.05) is 32.5 Å². The van der Waals surface area contributed by atoms with Crippen molar-refractivity contribution in [1.29, 1.82) is 0 Å². The molecule has 0 aromatic carbocycles. The Kier molecular flexibility index (Phi) is 11.5. The van der Waals surface area contributed by atoms with Crippen molar-refractivity contribution in [1.82, 2.24) is 15.6 Å². The Labute approximate surface area is 156 Å². The molecule has 0 spiro atoms. The third-order valence-corrected chi connectivity index (χ3v) is 2.55. The number of rotatable bonds is 8. The highest BCUT2D eigenvalue weighted by atomic mass is 127. The zero-order chi connectivity index (χ0) is 17.1. The number of nitrogens with one attached hydrogen (secondary N) is 2. The summed E-state index contributed by atoms with van der Waals surface area (Å²) in [5.41, 5.74) is 0.695. The van der Waals surface area contributed by atoms with Crippen LogP contribution in [0.15, 0.2) is 23.3 Å². The first-order chi connectivity index (χ1) is 10.9. The van der Waals surface area contributed by atoms with Crippen molar-refractivity contribution in [3.8, 4) is 5.88 Å². The molecule has 0 unspecified atom stereocenters. The van der Waals surface area contributed by atoms with E-state index in [4.69, 9.17) is 4.74 Å².